The topological polar surface area (TPSA) is 55.8 Å². The van der Waals surface area contributed by atoms with Crippen molar-refractivity contribution in [2.24, 2.45) is 0 Å². The van der Waals surface area contributed by atoms with E-state index >= 15 is 0 Å². The highest BCUT2D eigenvalue weighted by atomic mass is 79.9. The molecule has 0 aromatic heterocycles. The molecule has 2 aromatic carbocycles. The zero-order valence-corrected chi connectivity index (χ0v) is 16.4. The van der Waals surface area contributed by atoms with Crippen molar-refractivity contribution >= 4 is 27.5 Å². The van der Waals surface area contributed by atoms with Gasteiger partial charge >= 0.3 is 0 Å². The number of nitrogens with zero attached hydrogens (tertiary/aromatic N) is 2. The van der Waals surface area contributed by atoms with Crippen LogP contribution in [0.15, 0.2) is 53.0 Å². The minimum Gasteiger partial charge on any atom is -0.506 e. The second-order valence-corrected chi connectivity index (χ2v) is 7.51. The second kappa shape index (κ2) is 8.56. The zero-order chi connectivity index (χ0) is 18.5. The smallest absolute Gasteiger partial charge is 0.234 e. The minimum absolute atomic E-state index is 0.0156. The highest BCUT2D eigenvalue weighted by Crippen LogP contribution is 2.27. The van der Waals surface area contributed by atoms with Gasteiger partial charge in [-0.3, -0.25) is 9.69 Å². The predicted octanol–water partition coefficient (Wildman–Crippen LogP) is 3.15. The number of hydrogen-bond acceptors (Lipinski definition) is 4. The molecular formula is C20H24BrN3O2. The van der Waals surface area contributed by atoms with Gasteiger partial charge in [-0.05, 0) is 36.8 Å². The molecule has 26 heavy (non-hydrogen) atoms. The molecular weight excluding hydrogens is 394 g/mol. The molecule has 2 N–H and O–H groups in total. The van der Waals surface area contributed by atoms with E-state index in [2.05, 4.69) is 31.0 Å². The molecule has 1 aliphatic heterocycles. The van der Waals surface area contributed by atoms with Crippen LogP contribution < -0.4 is 10.2 Å². The van der Waals surface area contributed by atoms with Gasteiger partial charge < -0.3 is 15.3 Å². The molecule has 2 aromatic rings. The van der Waals surface area contributed by atoms with Gasteiger partial charge in [0, 0.05) is 30.7 Å². The molecule has 0 bridgehead atoms. The highest BCUT2D eigenvalue weighted by molar-refractivity contribution is 9.10. The van der Waals surface area contributed by atoms with E-state index in [1.54, 1.807) is 6.07 Å². The molecule has 1 fully saturated rings. The number of amides is 1. The summed E-state index contributed by atoms with van der Waals surface area (Å²) in [6.45, 7) is 5.59. The summed E-state index contributed by atoms with van der Waals surface area (Å²) in [6.07, 6.45) is 0. The van der Waals surface area contributed by atoms with Crippen molar-refractivity contribution in [2.75, 3.05) is 37.6 Å². The van der Waals surface area contributed by atoms with Crippen molar-refractivity contribution in [1.82, 2.24) is 10.2 Å². The quantitative estimate of drug-likeness (QED) is 0.784. The fourth-order valence-electron chi connectivity index (χ4n) is 3.20. The molecule has 5 nitrogen and oxygen atoms in total. The summed E-state index contributed by atoms with van der Waals surface area (Å²) < 4.78 is 1.03. The third-order valence-electron chi connectivity index (χ3n) is 4.71. The lowest BCUT2D eigenvalue weighted by atomic mass is 10.1. The van der Waals surface area contributed by atoms with Gasteiger partial charge in [-0.25, -0.2) is 0 Å². The van der Waals surface area contributed by atoms with E-state index in [0.29, 0.717) is 12.3 Å². The molecule has 138 valence electrons. The first-order valence-corrected chi connectivity index (χ1v) is 9.62. The van der Waals surface area contributed by atoms with Crippen molar-refractivity contribution in [3.63, 3.8) is 0 Å². The summed E-state index contributed by atoms with van der Waals surface area (Å²) in [4.78, 5) is 16.7. The molecule has 6 heteroatoms. The fraction of sp³-hybridized carbons (Fsp3) is 0.350. The van der Waals surface area contributed by atoms with E-state index in [1.807, 2.05) is 49.4 Å². The van der Waals surface area contributed by atoms with Crippen molar-refractivity contribution in [3.05, 3.63) is 58.6 Å². The lowest BCUT2D eigenvalue weighted by Gasteiger charge is -2.36. The number of benzene rings is 2. The predicted molar refractivity (Wildman–Crippen MR) is 107 cm³/mol. The van der Waals surface area contributed by atoms with Gasteiger partial charge in [0.2, 0.25) is 5.91 Å². The maximum absolute atomic E-state index is 12.4. The highest BCUT2D eigenvalue weighted by Gasteiger charge is 2.21. The average molecular weight is 418 g/mol. The van der Waals surface area contributed by atoms with E-state index in [-0.39, 0.29) is 11.9 Å². The number of hydrogen-bond donors (Lipinski definition) is 2. The standard InChI is InChI=1S/C20H24BrN3O2/c1-15(16-6-8-17(21)9-7-16)22-20(26)14-23-10-12-24(13-11-23)18-4-2-3-5-19(18)25/h2-9,15,25H,10-14H2,1H3,(H,22,26)/t15-/m0/s1. The minimum atomic E-state index is -0.0156. The molecule has 1 atom stereocenters. The van der Waals surface area contributed by atoms with Crippen LogP contribution in [0.1, 0.15) is 18.5 Å². The summed E-state index contributed by atoms with van der Waals surface area (Å²) in [6, 6.07) is 15.4. The molecule has 0 aliphatic carbocycles. The number of phenols is 1. The van der Waals surface area contributed by atoms with E-state index in [1.165, 1.54) is 0 Å². The lowest BCUT2D eigenvalue weighted by Crippen LogP contribution is -2.49. The van der Waals surface area contributed by atoms with Gasteiger partial charge in [-0.15, -0.1) is 0 Å². The summed E-state index contributed by atoms with van der Waals surface area (Å²) in [5.41, 5.74) is 1.95. The number of aromatic hydroxyl groups is 1. The van der Waals surface area contributed by atoms with Gasteiger partial charge in [0.15, 0.2) is 0 Å². The van der Waals surface area contributed by atoms with Crippen molar-refractivity contribution in [3.8, 4) is 5.75 Å². The van der Waals surface area contributed by atoms with Gasteiger partial charge in [-0.2, -0.15) is 0 Å². The number of phenolic OH excluding ortho intramolecular Hbond substituents is 1. The van der Waals surface area contributed by atoms with Gasteiger partial charge in [0.25, 0.3) is 0 Å². The third kappa shape index (κ3) is 4.77. The first kappa shape index (κ1) is 18.7. The van der Waals surface area contributed by atoms with Crippen LogP contribution in [0.5, 0.6) is 5.75 Å². The summed E-state index contributed by atoms with van der Waals surface area (Å²) in [7, 11) is 0. The normalized spacial score (nSPS) is 16.3. The average Bonchev–Trinajstić information content (AvgIpc) is 2.63. The number of para-hydroxylation sites is 2. The summed E-state index contributed by atoms with van der Waals surface area (Å²) in [5.74, 6) is 0.346. The van der Waals surface area contributed by atoms with Crippen LogP contribution in [0.25, 0.3) is 0 Å². The maximum Gasteiger partial charge on any atom is 0.234 e. The number of nitrogens with one attached hydrogen (secondary N) is 1. The third-order valence-corrected chi connectivity index (χ3v) is 5.24. The van der Waals surface area contributed by atoms with E-state index in [0.717, 1.165) is 41.9 Å². The second-order valence-electron chi connectivity index (χ2n) is 6.59. The van der Waals surface area contributed by atoms with Crippen LogP contribution in [0.3, 0.4) is 0 Å². The van der Waals surface area contributed by atoms with Crippen LogP contribution in [0.4, 0.5) is 5.69 Å². The van der Waals surface area contributed by atoms with Crippen LogP contribution in [-0.2, 0) is 4.79 Å². The molecule has 0 radical (unpaired) electrons. The lowest BCUT2D eigenvalue weighted by molar-refractivity contribution is -0.123. The van der Waals surface area contributed by atoms with Crippen molar-refractivity contribution < 1.29 is 9.90 Å². The Kier molecular flexibility index (Phi) is 6.16. The molecule has 3 rings (SSSR count). The van der Waals surface area contributed by atoms with Crippen molar-refractivity contribution in [1.29, 1.82) is 0 Å². The Morgan fingerprint density at radius 1 is 1.12 bits per heavy atom. The van der Waals surface area contributed by atoms with Crippen molar-refractivity contribution in [2.45, 2.75) is 13.0 Å². The fourth-order valence-corrected chi connectivity index (χ4v) is 3.47. The largest absolute Gasteiger partial charge is 0.506 e. The van der Waals surface area contributed by atoms with Gasteiger partial charge in [-0.1, -0.05) is 40.2 Å². The Hall–Kier alpha value is -2.05. The van der Waals surface area contributed by atoms with Gasteiger partial charge in [0.1, 0.15) is 5.75 Å². The molecule has 1 saturated heterocycles. The number of carbonyl (C=O) groups excluding carboxylic acids is 1. The van der Waals surface area contributed by atoms with Crippen LogP contribution in [0.2, 0.25) is 0 Å². The van der Waals surface area contributed by atoms with E-state index in [4.69, 9.17) is 0 Å². The monoisotopic (exact) mass is 417 g/mol. The summed E-state index contributed by atoms with van der Waals surface area (Å²) >= 11 is 3.42. The number of piperazine rings is 1. The van der Waals surface area contributed by atoms with Crippen LogP contribution >= 0.6 is 15.9 Å². The Bertz CT molecular complexity index is 743. The maximum atomic E-state index is 12.4. The SMILES string of the molecule is C[C@H](NC(=O)CN1CCN(c2ccccc2O)CC1)c1ccc(Br)cc1. The van der Waals surface area contributed by atoms with Crippen LogP contribution in [0, 0.1) is 0 Å². The Morgan fingerprint density at radius 3 is 2.42 bits per heavy atom. The molecule has 1 heterocycles. The Balaban J connectivity index is 1.47. The van der Waals surface area contributed by atoms with E-state index in [9.17, 15) is 9.90 Å². The Labute approximate surface area is 162 Å². The zero-order valence-electron chi connectivity index (χ0n) is 14.9. The number of halogens is 1. The van der Waals surface area contributed by atoms with Gasteiger partial charge in [0.05, 0.1) is 18.3 Å². The first-order chi connectivity index (χ1) is 12.5. The number of anilines is 1. The summed E-state index contributed by atoms with van der Waals surface area (Å²) in [5, 5.41) is 13.0. The van der Waals surface area contributed by atoms with Crippen LogP contribution in [-0.4, -0.2) is 48.6 Å². The van der Waals surface area contributed by atoms with E-state index < -0.39 is 0 Å². The first-order valence-electron chi connectivity index (χ1n) is 8.83. The molecule has 0 spiro atoms. The Morgan fingerprint density at radius 2 is 1.77 bits per heavy atom. The molecule has 1 aliphatic rings. The molecule has 0 unspecified atom stereocenters. The number of rotatable bonds is 5. The molecule has 1 amide bonds. The number of carbonyl (C=O) groups is 1. The molecule has 0 saturated carbocycles.